The number of amides is 2. The highest BCUT2D eigenvalue weighted by molar-refractivity contribution is 7.99. The van der Waals surface area contributed by atoms with Gasteiger partial charge in [-0.25, -0.2) is 4.79 Å². The first kappa shape index (κ1) is 14.5. The van der Waals surface area contributed by atoms with Crippen LogP contribution in [0.3, 0.4) is 0 Å². The molecular weight excluding hydrogens is 264 g/mol. The number of nitrogens with zero attached hydrogens (tertiary/aromatic N) is 1. The Kier molecular flexibility index (Phi) is 4.96. The zero-order valence-corrected chi connectivity index (χ0v) is 12.1. The number of hydrogen-bond acceptors (Lipinski definition) is 3. The predicted octanol–water partition coefficient (Wildman–Crippen LogP) is 1.63. The van der Waals surface area contributed by atoms with E-state index in [0.717, 1.165) is 19.4 Å². The van der Waals surface area contributed by atoms with Crippen LogP contribution in [0.5, 0.6) is 0 Å². The van der Waals surface area contributed by atoms with Crippen LogP contribution in [0.4, 0.5) is 4.79 Å². The molecule has 2 saturated heterocycles. The van der Waals surface area contributed by atoms with Crippen LogP contribution < -0.4 is 5.32 Å². The van der Waals surface area contributed by atoms with Crippen molar-refractivity contribution in [1.29, 1.82) is 0 Å². The van der Waals surface area contributed by atoms with Gasteiger partial charge in [-0.15, -0.1) is 0 Å². The molecule has 6 heteroatoms. The number of aliphatic carboxylic acids is 1. The van der Waals surface area contributed by atoms with Gasteiger partial charge in [-0.05, 0) is 43.6 Å². The summed E-state index contributed by atoms with van der Waals surface area (Å²) in [7, 11) is 0. The van der Waals surface area contributed by atoms with Gasteiger partial charge >= 0.3 is 12.0 Å². The maximum atomic E-state index is 12.1. The van der Waals surface area contributed by atoms with Gasteiger partial charge in [0, 0.05) is 19.1 Å². The van der Waals surface area contributed by atoms with Crippen molar-refractivity contribution in [2.45, 2.75) is 32.2 Å². The molecule has 108 valence electrons. The van der Waals surface area contributed by atoms with Crippen LogP contribution in [0.2, 0.25) is 0 Å². The third-order valence-electron chi connectivity index (χ3n) is 4.22. The average molecular weight is 286 g/mol. The summed E-state index contributed by atoms with van der Waals surface area (Å²) < 4.78 is 0. The highest BCUT2D eigenvalue weighted by Gasteiger charge is 2.38. The van der Waals surface area contributed by atoms with Crippen LogP contribution in [0.1, 0.15) is 26.2 Å². The average Bonchev–Trinajstić information content (AvgIpc) is 2.79. The first-order valence-electron chi connectivity index (χ1n) is 6.94. The molecule has 2 unspecified atom stereocenters. The molecule has 0 spiro atoms. The van der Waals surface area contributed by atoms with Gasteiger partial charge in [0.2, 0.25) is 0 Å². The first-order chi connectivity index (χ1) is 9.09. The third kappa shape index (κ3) is 3.55. The Morgan fingerprint density at radius 3 is 2.58 bits per heavy atom. The molecule has 2 aliphatic heterocycles. The summed E-state index contributed by atoms with van der Waals surface area (Å²) in [6, 6.07) is -0.311. The van der Waals surface area contributed by atoms with Crippen LogP contribution in [0, 0.1) is 11.8 Å². The fraction of sp³-hybridized carbons (Fsp3) is 0.846. The van der Waals surface area contributed by atoms with Gasteiger partial charge in [0.25, 0.3) is 0 Å². The molecule has 0 aliphatic carbocycles. The summed E-state index contributed by atoms with van der Waals surface area (Å²) in [4.78, 5) is 24.8. The molecule has 2 rings (SSSR count). The molecule has 2 N–H and O–H groups in total. The number of carboxylic acid groups (broad SMARTS) is 1. The van der Waals surface area contributed by atoms with Gasteiger partial charge in [0.15, 0.2) is 0 Å². The number of likely N-dealkylation sites (tertiary alicyclic amines) is 1. The Hall–Kier alpha value is -0.910. The van der Waals surface area contributed by atoms with Crippen molar-refractivity contribution in [3.63, 3.8) is 0 Å². The minimum absolute atomic E-state index is 0.102. The van der Waals surface area contributed by atoms with E-state index in [-0.39, 0.29) is 12.1 Å². The van der Waals surface area contributed by atoms with Crippen molar-refractivity contribution in [1.82, 2.24) is 10.2 Å². The van der Waals surface area contributed by atoms with Crippen molar-refractivity contribution in [3.8, 4) is 0 Å². The number of carboxylic acids is 1. The van der Waals surface area contributed by atoms with Gasteiger partial charge in [0.1, 0.15) is 0 Å². The number of rotatable bonds is 3. The molecule has 0 radical (unpaired) electrons. The van der Waals surface area contributed by atoms with E-state index >= 15 is 0 Å². The maximum Gasteiger partial charge on any atom is 0.317 e. The summed E-state index contributed by atoms with van der Waals surface area (Å²) in [5.41, 5.74) is 0. The molecule has 0 bridgehead atoms. The first-order valence-corrected chi connectivity index (χ1v) is 8.10. The van der Waals surface area contributed by atoms with E-state index in [2.05, 4.69) is 5.32 Å². The predicted molar refractivity (Wildman–Crippen MR) is 75.4 cm³/mol. The van der Waals surface area contributed by atoms with Gasteiger partial charge in [0.05, 0.1) is 5.92 Å². The lowest BCUT2D eigenvalue weighted by Crippen LogP contribution is -2.45. The highest BCUT2D eigenvalue weighted by atomic mass is 32.2. The number of hydrogen-bond donors (Lipinski definition) is 2. The molecule has 19 heavy (non-hydrogen) atoms. The summed E-state index contributed by atoms with van der Waals surface area (Å²) in [5, 5.41) is 12.0. The van der Waals surface area contributed by atoms with Gasteiger partial charge in [-0.2, -0.15) is 11.8 Å². The van der Waals surface area contributed by atoms with Crippen molar-refractivity contribution in [3.05, 3.63) is 0 Å². The Bertz CT molecular complexity index is 345. The van der Waals surface area contributed by atoms with Crippen molar-refractivity contribution in [2.24, 2.45) is 11.8 Å². The third-order valence-corrected chi connectivity index (χ3v) is 5.26. The molecule has 2 heterocycles. The Morgan fingerprint density at radius 1 is 1.32 bits per heavy atom. The summed E-state index contributed by atoms with van der Waals surface area (Å²) in [5.74, 6) is 1.73. The number of thioether (sulfide) groups is 1. The molecule has 0 aromatic heterocycles. The Balaban J connectivity index is 1.78. The molecule has 0 saturated carbocycles. The second kappa shape index (κ2) is 6.50. The number of nitrogens with one attached hydrogen (secondary N) is 1. The standard InChI is InChI=1S/C13H22N2O3S/c1-9-11(12(16)17)2-5-15(9)13(18)14-8-10-3-6-19-7-4-10/h9-11H,2-8H2,1H3,(H,14,18)(H,16,17). The van der Waals surface area contributed by atoms with Crippen LogP contribution >= 0.6 is 11.8 Å². The topological polar surface area (TPSA) is 69.6 Å². The van der Waals surface area contributed by atoms with Crippen LogP contribution in [-0.4, -0.2) is 52.6 Å². The van der Waals surface area contributed by atoms with Gasteiger partial charge in [-0.1, -0.05) is 0 Å². The van der Waals surface area contributed by atoms with Crippen LogP contribution in [0.25, 0.3) is 0 Å². The second-order valence-corrected chi connectivity index (χ2v) is 6.63. The van der Waals surface area contributed by atoms with E-state index in [9.17, 15) is 9.59 Å². The normalized spacial score (nSPS) is 28.4. The fourth-order valence-corrected chi connectivity index (χ4v) is 4.04. The molecule has 0 aromatic carbocycles. The summed E-state index contributed by atoms with van der Waals surface area (Å²) in [6.07, 6.45) is 2.89. The molecule has 0 aromatic rings. The lowest BCUT2D eigenvalue weighted by Gasteiger charge is -2.26. The van der Waals surface area contributed by atoms with E-state index in [1.54, 1.807) is 4.90 Å². The lowest BCUT2D eigenvalue weighted by molar-refractivity contribution is -0.142. The molecule has 2 fully saturated rings. The zero-order chi connectivity index (χ0) is 13.8. The summed E-state index contributed by atoms with van der Waals surface area (Å²) in [6.45, 7) is 3.09. The number of carbonyl (C=O) groups is 2. The largest absolute Gasteiger partial charge is 0.481 e. The minimum atomic E-state index is -0.799. The monoisotopic (exact) mass is 286 g/mol. The lowest BCUT2D eigenvalue weighted by atomic mass is 10.0. The van der Waals surface area contributed by atoms with Gasteiger partial charge < -0.3 is 15.3 Å². The fourth-order valence-electron chi connectivity index (χ4n) is 2.84. The Morgan fingerprint density at radius 2 is 2.00 bits per heavy atom. The minimum Gasteiger partial charge on any atom is -0.481 e. The molecular formula is C13H22N2O3S. The zero-order valence-electron chi connectivity index (χ0n) is 11.3. The van der Waals surface area contributed by atoms with E-state index in [4.69, 9.17) is 5.11 Å². The van der Waals surface area contributed by atoms with Gasteiger partial charge in [-0.3, -0.25) is 4.79 Å². The molecule has 5 nitrogen and oxygen atoms in total. The summed E-state index contributed by atoms with van der Waals surface area (Å²) >= 11 is 1.97. The SMILES string of the molecule is CC1C(C(=O)O)CCN1C(=O)NCC1CCSCC1. The Labute approximate surface area is 118 Å². The maximum absolute atomic E-state index is 12.1. The van der Waals surface area contributed by atoms with E-state index in [1.807, 2.05) is 18.7 Å². The van der Waals surface area contributed by atoms with Crippen molar-refractivity contribution >= 4 is 23.8 Å². The highest BCUT2D eigenvalue weighted by Crippen LogP contribution is 2.25. The van der Waals surface area contributed by atoms with E-state index < -0.39 is 11.9 Å². The van der Waals surface area contributed by atoms with Crippen LogP contribution in [-0.2, 0) is 4.79 Å². The quantitative estimate of drug-likeness (QED) is 0.827. The smallest absolute Gasteiger partial charge is 0.317 e. The van der Waals surface area contributed by atoms with Crippen molar-refractivity contribution in [2.75, 3.05) is 24.6 Å². The number of urea groups is 1. The van der Waals surface area contributed by atoms with Crippen molar-refractivity contribution < 1.29 is 14.7 Å². The van der Waals surface area contributed by atoms with Crippen LogP contribution in [0.15, 0.2) is 0 Å². The molecule has 2 amide bonds. The van der Waals surface area contributed by atoms with E-state index in [1.165, 1.54) is 11.5 Å². The van der Waals surface area contributed by atoms with E-state index in [0.29, 0.717) is 18.9 Å². The number of carbonyl (C=O) groups excluding carboxylic acids is 1. The second-order valence-electron chi connectivity index (χ2n) is 5.41. The molecule has 2 aliphatic rings. The molecule has 2 atom stereocenters.